The quantitative estimate of drug-likeness (QED) is 0.648. The van der Waals surface area contributed by atoms with Gasteiger partial charge >= 0.3 is 0 Å². The van der Waals surface area contributed by atoms with Crippen LogP contribution in [-0.4, -0.2) is 32.9 Å². The summed E-state index contributed by atoms with van der Waals surface area (Å²) in [4.78, 5) is 34.2. The molecule has 6 heteroatoms. The monoisotopic (exact) mass is 311 g/mol. The molecule has 1 amide bonds. The fourth-order valence-corrected chi connectivity index (χ4v) is 4.91. The van der Waals surface area contributed by atoms with Gasteiger partial charge in [0.25, 0.3) is 11.5 Å². The van der Waals surface area contributed by atoms with Crippen LogP contribution in [0.5, 0.6) is 0 Å². The van der Waals surface area contributed by atoms with E-state index in [9.17, 15) is 9.59 Å². The topological polar surface area (TPSA) is 65.8 Å². The molecule has 5 rings (SSSR count). The van der Waals surface area contributed by atoms with Crippen molar-refractivity contribution in [3.05, 3.63) is 39.1 Å². The Balaban J connectivity index is 1.85. The van der Waals surface area contributed by atoms with Crippen LogP contribution in [-0.2, 0) is 6.42 Å². The van der Waals surface area contributed by atoms with Gasteiger partial charge in [0.2, 0.25) is 0 Å². The molecule has 22 heavy (non-hydrogen) atoms. The van der Waals surface area contributed by atoms with Crippen molar-refractivity contribution in [2.24, 2.45) is 0 Å². The first-order chi connectivity index (χ1) is 10.6. The van der Waals surface area contributed by atoms with E-state index in [0.717, 1.165) is 44.4 Å². The second kappa shape index (κ2) is 3.95. The summed E-state index contributed by atoms with van der Waals surface area (Å²) in [7, 11) is 0. The maximum absolute atomic E-state index is 12.7. The van der Waals surface area contributed by atoms with Crippen LogP contribution in [0.1, 0.15) is 28.6 Å². The van der Waals surface area contributed by atoms with Gasteiger partial charge in [-0.05, 0) is 37.5 Å². The highest BCUT2D eigenvalue weighted by Crippen LogP contribution is 2.44. The molecule has 2 aliphatic rings. The van der Waals surface area contributed by atoms with E-state index < -0.39 is 0 Å². The first-order valence-electron chi connectivity index (χ1n) is 7.41. The van der Waals surface area contributed by atoms with Gasteiger partial charge in [0, 0.05) is 10.1 Å². The Hall–Kier alpha value is -2.21. The molecule has 2 atom stereocenters. The summed E-state index contributed by atoms with van der Waals surface area (Å²) in [6.07, 6.45) is 3.21. The van der Waals surface area contributed by atoms with Crippen LogP contribution in [0.4, 0.5) is 0 Å². The number of nitrogens with one attached hydrogen (secondary N) is 1. The number of nitrogens with zero attached hydrogens (tertiary/aromatic N) is 2. The first-order valence-corrected chi connectivity index (χ1v) is 8.23. The third-order valence-electron chi connectivity index (χ3n) is 4.88. The van der Waals surface area contributed by atoms with Gasteiger partial charge in [0.05, 0.1) is 34.2 Å². The second-order valence-electron chi connectivity index (χ2n) is 6.05. The number of carbonyl (C=O) groups excluding carboxylic acids is 1. The SMILES string of the molecule is C[C@@H]1C2CCc3c(sc4ccc5[nH]c(=O)cnc5c34)C(=O)N21. The van der Waals surface area contributed by atoms with Crippen molar-refractivity contribution in [2.75, 3.05) is 0 Å². The number of aromatic amines is 1. The molecule has 0 bridgehead atoms. The number of amides is 1. The van der Waals surface area contributed by atoms with E-state index >= 15 is 0 Å². The fraction of sp³-hybridized carbons (Fsp3) is 0.312. The van der Waals surface area contributed by atoms with Gasteiger partial charge in [-0.3, -0.25) is 9.59 Å². The minimum atomic E-state index is -0.203. The largest absolute Gasteiger partial charge is 0.328 e. The standard InChI is InChI=1S/C16H13N3O2S/c1-7-10-4-2-8-13-11(22-15(8)16(21)19(7)10)5-3-9-14(13)17-6-12(20)18-9/h3,5-7,10H,2,4H2,1H3,(H,18,20)/t7-,10?,19?/m1/s1. The van der Waals surface area contributed by atoms with E-state index in [1.165, 1.54) is 6.20 Å². The van der Waals surface area contributed by atoms with Gasteiger partial charge in [0.15, 0.2) is 0 Å². The Morgan fingerprint density at radius 1 is 1.36 bits per heavy atom. The lowest BCUT2D eigenvalue weighted by molar-refractivity contribution is 0.0873. The van der Waals surface area contributed by atoms with Crippen molar-refractivity contribution < 1.29 is 4.79 Å². The Morgan fingerprint density at radius 3 is 3.09 bits per heavy atom. The molecule has 110 valence electrons. The van der Waals surface area contributed by atoms with Gasteiger partial charge in [0.1, 0.15) is 0 Å². The van der Waals surface area contributed by atoms with Crippen LogP contribution in [0.3, 0.4) is 0 Å². The molecule has 4 heterocycles. The number of fused-ring (bicyclic) bond motifs is 6. The lowest BCUT2D eigenvalue weighted by Gasteiger charge is -2.03. The molecule has 0 spiro atoms. The number of aryl methyl sites for hydroxylation is 1. The number of hydrogen-bond acceptors (Lipinski definition) is 4. The van der Waals surface area contributed by atoms with Crippen LogP contribution < -0.4 is 5.56 Å². The zero-order valence-corrected chi connectivity index (χ0v) is 12.7. The number of thiophene rings is 1. The Morgan fingerprint density at radius 2 is 2.23 bits per heavy atom. The van der Waals surface area contributed by atoms with Gasteiger partial charge < -0.3 is 9.88 Å². The van der Waals surface area contributed by atoms with E-state index in [1.807, 2.05) is 17.0 Å². The van der Waals surface area contributed by atoms with Crippen LogP contribution in [0.25, 0.3) is 21.1 Å². The highest BCUT2D eigenvalue weighted by atomic mass is 32.1. The number of benzene rings is 1. The third kappa shape index (κ3) is 1.45. The molecule has 0 saturated carbocycles. The zero-order valence-electron chi connectivity index (χ0n) is 11.9. The van der Waals surface area contributed by atoms with Crippen molar-refractivity contribution in [1.82, 2.24) is 14.9 Å². The van der Waals surface area contributed by atoms with Crippen LogP contribution in [0.15, 0.2) is 23.1 Å². The van der Waals surface area contributed by atoms with Crippen LogP contribution >= 0.6 is 11.3 Å². The normalized spacial score (nSPS) is 23.5. The Kier molecular flexibility index (Phi) is 2.22. The molecule has 1 N–H and O–H groups in total. The number of carbonyl (C=O) groups is 1. The van der Waals surface area contributed by atoms with Crippen molar-refractivity contribution in [3.63, 3.8) is 0 Å². The van der Waals surface area contributed by atoms with E-state index in [4.69, 9.17) is 0 Å². The second-order valence-corrected chi connectivity index (χ2v) is 7.10. The van der Waals surface area contributed by atoms with Crippen molar-refractivity contribution in [3.8, 4) is 0 Å². The zero-order chi connectivity index (χ0) is 15.0. The fourth-order valence-electron chi connectivity index (χ4n) is 3.71. The van der Waals surface area contributed by atoms with E-state index in [1.54, 1.807) is 11.3 Å². The van der Waals surface area contributed by atoms with Gasteiger partial charge in [-0.2, -0.15) is 0 Å². The third-order valence-corrected chi connectivity index (χ3v) is 6.06. The van der Waals surface area contributed by atoms with Crippen LogP contribution in [0, 0.1) is 0 Å². The highest BCUT2D eigenvalue weighted by Gasteiger charge is 2.50. The van der Waals surface area contributed by atoms with Crippen molar-refractivity contribution >= 4 is 38.4 Å². The number of H-pyrrole nitrogens is 1. The smallest absolute Gasteiger partial charge is 0.266 e. The Bertz CT molecular complexity index is 1020. The molecule has 1 fully saturated rings. The van der Waals surface area contributed by atoms with Crippen LogP contribution in [0.2, 0.25) is 0 Å². The molecule has 1 unspecified atom stereocenters. The predicted molar refractivity (Wildman–Crippen MR) is 85.5 cm³/mol. The maximum Gasteiger partial charge on any atom is 0.266 e. The lowest BCUT2D eigenvalue weighted by Crippen LogP contribution is -2.12. The molecule has 0 radical (unpaired) electrons. The van der Waals surface area contributed by atoms with E-state index in [2.05, 4.69) is 16.9 Å². The number of hydrogen-bond donors (Lipinski definition) is 1. The predicted octanol–water partition coefficient (Wildman–Crippen LogP) is 2.30. The first kappa shape index (κ1) is 12.3. The number of rotatable bonds is 0. The minimum Gasteiger partial charge on any atom is -0.328 e. The summed E-state index contributed by atoms with van der Waals surface area (Å²) in [5.74, 6) is 0.156. The van der Waals surface area contributed by atoms with Crippen molar-refractivity contribution in [2.45, 2.75) is 31.8 Å². The molecule has 1 aromatic carbocycles. The lowest BCUT2D eigenvalue weighted by atomic mass is 10.0. The van der Waals surface area contributed by atoms with Gasteiger partial charge in [-0.15, -0.1) is 11.3 Å². The minimum absolute atomic E-state index is 0.156. The maximum atomic E-state index is 12.7. The molecule has 3 aromatic rings. The average Bonchev–Trinajstić information content (AvgIpc) is 3.04. The summed E-state index contributed by atoms with van der Waals surface area (Å²) >= 11 is 1.55. The molecular weight excluding hydrogens is 298 g/mol. The Labute approximate surface area is 129 Å². The summed E-state index contributed by atoms with van der Waals surface area (Å²) in [5.41, 5.74) is 2.43. The van der Waals surface area contributed by atoms with Gasteiger partial charge in [-0.25, -0.2) is 4.98 Å². The molecular formula is C16H13N3O2S. The van der Waals surface area contributed by atoms with Crippen molar-refractivity contribution in [1.29, 1.82) is 0 Å². The summed E-state index contributed by atoms with van der Waals surface area (Å²) in [5, 5.41) is 1.04. The summed E-state index contributed by atoms with van der Waals surface area (Å²) in [6, 6.07) is 4.61. The molecule has 2 aliphatic heterocycles. The average molecular weight is 311 g/mol. The molecule has 0 aliphatic carbocycles. The van der Waals surface area contributed by atoms with Gasteiger partial charge in [-0.1, -0.05) is 0 Å². The number of aromatic nitrogens is 2. The highest BCUT2D eigenvalue weighted by molar-refractivity contribution is 7.21. The molecule has 1 saturated heterocycles. The summed E-state index contributed by atoms with van der Waals surface area (Å²) in [6.45, 7) is 2.11. The van der Waals surface area contributed by atoms with E-state index in [0.29, 0.717) is 12.1 Å². The summed E-state index contributed by atoms with van der Waals surface area (Å²) < 4.78 is 1.07. The molecule has 2 aromatic heterocycles. The van der Waals surface area contributed by atoms with E-state index in [-0.39, 0.29) is 11.5 Å². The molecule has 5 nitrogen and oxygen atoms in total.